The summed E-state index contributed by atoms with van der Waals surface area (Å²) in [6.45, 7) is 5.67. The molecule has 152 valence electrons. The molecule has 1 aromatic carbocycles. The van der Waals surface area contributed by atoms with Crippen molar-refractivity contribution in [2.45, 2.75) is 32.5 Å². The zero-order chi connectivity index (χ0) is 19.9. The predicted molar refractivity (Wildman–Crippen MR) is 113 cm³/mol. The summed E-state index contributed by atoms with van der Waals surface area (Å²) in [6, 6.07) is 6.42. The van der Waals surface area contributed by atoms with Crippen molar-refractivity contribution >= 4 is 17.3 Å². The van der Waals surface area contributed by atoms with Crippen molar-refractivity contribution in [1.82, 2.24) is 20.5 Å². The zero-order valence-electron chi connectivity index (χ0n) is 17.0. The third-order valence-electron chi connectivity index (χ3n) is 4.92. The van der Waals surface area contributed by atoms with Gasteiger partial charge in [0.15, 0.2) is 5.96 Å². The lowest BCUT2D eigenvalue weighted by Crippen LogP contribution is -2.44. The molecule has 1 aromatic heterocycles. The number of nitrogens with one attached hydrogen (secondary N) is 2. The molecule has 1 unspecified atom stereocenters. The smallest absolute Gasteiger partial charge is 0.191 e. The van der Waals surface area contributed by atoms with Crippen molar-refractivity contribution in [3.8, 4) is 11.5 Å². The molecular formula is C20H29N5O2S. The van der Waals surface area contributed by atoms with Gasteiger partial charge in [0.1, 0.15) is 11.5 Å². The first kappa shape index (κ1) is 20.4. The Labute approximate surface area is 170 Å². The van der Waals surface area contributed by atoms with Gasteiger partial charge in [-0.2, -0.15) is 0 Å². The number of thiazole rings is 1. The van der Waals surface area contributed by atoms with Crippen molar-refractivity contribution in [3.63, 3.8) is 0 Å². The van der Waals surface area contributed by atoms with E-state index in [0.29, 0.717) is 6.04 Å². The van der Waals surface area contributed by atoms with Crippen molar-refractivity contribution < 1.29 is 9.47 Å². The van der Waals surface area contributed by atoms with Crippen LogP contribution in [0.3, 0.4) is 0 Å². The van der Waals surface area contributed by atoms with Gasteiger partial charge in [-0.15, -0.1) is 11.3 Å². The molecule has 3 rings (SSSR count). The maximum absolute atomic E-state index is 5.38. The third-order valence-corrected chi connectivity index (χ3v) is 5.85. The second kappa shape index (κ2) is 9.75. The molecule has 0 radical (unpaired) electrons. The van der Waals surface area contributed by atoms with E-state index >= 15 is 0 Å². The molecule has 0 spiro atoms. The van der Waals surface area contributed by atoms with Crippen LogP contribution in [-0.2, 0) is 13.1 Å². The fourth-order valence-corrected chi connectivity index (χ4v) is 4.07. The molecule has 1 saturated heterocycles. The maximum Gasteiger partial charge on any atom is 0.191 e. The Morgan fingerprint density at radius 1 is 1.29 bits per heavy atom. The fraction of sp³-hybridized carbons (Fsp3) is 0.500. The predicted octanol–water partition coefficient (Wildman–Crippen LogP) is 2.41. The van der Waals surface area contributed by atoms with Gasteiger partial charge in [0.05, 0.1) is 32.0 Å². The van der Waals surface area contributed by atoms with Crippen LogP contribution in [0.15, 0.2) is 28.7 Å². The number of hydrogen-bond acceptors (Lipinski definition) is 6. The summed E-state index contributed by atoms with van der Waals surface area (Å²) in [4.78, 5) is 12.3. The minimum absolute atomic E-state index is 0.376. The largest absolute Gasteiger partial charge is 0.497 e. The normalized spacial score (nSPS) is 17.6. The Kier molecular flexibility index (Phi) is 7.11. The molecular weight excluding hydrogens is 374 g/mol. The molecule has 28 heavy (non-hydrogen) atoms. The summed E-state index contributed by atoms with van der Waals surface area (Å²) in [5.41, 5.74) is 4.15. The molecule has 2 heterocycles. The highest BCUT2D eigenvalue weighted by Gasteiger charge is 2.23. The molecule has 8 heteroatoms. The molecule has 1 aliphatic rings. The van der Waals surface area contributed by atoms with Crippen LogP contribution in [0.2, 0.25) is 0 Å². The van der Waals surface area contributed by atoms with Crippen LogP contribution in [-0.4, -0.2) is 56.2 Å². The van der Waals surface area contributed by atoms with Crippen molar-refractivity contribution in [2.75, 3.05) is 34.4 Å². The molecule has 1 fully saturated rings. The van der Waals surface area contributed by atoms with E-state index in [1.54, 1.807) is 25.6 Å². The van der Waals surface area contributed by atoms with E-state index in [-0.39, 0.29) is 0 Å². The van der Waals surface area contributed by atoms with E-state index in [1.807, 2.05) is 25.5 Å². The Morgan fingerprint density at radius 3 is 2.64 bits per heavy atom. The van der Waals surface area contributed by atoms with Gasteiger partial charge in [-0.05, 0) is 31.0 Å². The molecule has 2 N–H and O–H groups in total. The van der Waals surface area contributed by atoms with Gasteiger partial charge < -0.3 is 20.1 Å². The molecule has 0 bridgehead atoms. The van der Waals surface area contributed by atoms with Crippen molar-refractivity contribution in [1.29, 1.82) is 0 Å². The van der Waals surface area contributed by atoms with Crippen LogP contribution >= 0.6 is 11.3 Å². The van der Waals surface area contributed by atoms with Crippen molar-refractivity contribution in [2.24, 2.45) is 4.99 Å². The summed E-state index contributed by atoms with van der Waals surface area (Å²) in [5, 5.41) is 6.93. The van der Waals surface area contributed by atoms with Gasteiger partial charge in [-0.3, -0.25) is 9.89 Å². The third kappa shape index (κ3) is 5.36. The topological polar surface area (TPSA) is 71.0 Å². The fourth-order valence-electron chi connectivity index (χ4n) is 3.36. The highest BCUT2D eigenvalue weighted by molar-refractivity contribution is 7.09. The van der Waals surface area contributed by atoms with Crippen LogP contribution in [0.5, 0.6) is 11.5 Å². The van der Waals surface area contributed by atoms with Crippen LogP contribution in [0, 0.1) is 6.92 Å². The number of aryl methyl sites for hydroxylation is 1. The van der Waals surface area contributed by atoms with Gasteiger partial charge in [0, 0.05) is 43.7 Å². The highest BCUT2D eigenvalue weighted by Crippen LogP contribution is 2.24. The van der Waals surface area contributed by atoms with Gasteiger partial charge >= 0.3 is 0 Å². The van der Waals surface area contributed by atoms with Crippen molar-refractivity contribution in [3.05, 3.63) is 39.8 Å². The van der Waals surface area contributed by atoms with Crippen LogP contribution in [0.4, 0.5) is 0 Å². The first-order valence-corrected chi connectivity index (χ1v) is 10.3. The number of nitrogens with zero attached hydrogens (tertiary/aromatic N) is 3. The monoisotopic (exact) mass is 403 g/mol. The highest BCUT2D eigenvalue weighted by atomic mass is 32.1. The lowest BCUT2D eigenvalue weighted by molar-refractivity contribution is 0.321. The Balaban J connectivity index is 1.51. The minimum atomic E-state index is 0.376. The number of rotatable bonds is 7. The number of benzene rings is 1. The Bertz CT molecular complexity index is 785. The molecule has 1 aliphatic heterocycles. The number of ether oxygens (including phenoxy) is 2. The molecule has 0 amide bonds. The van der Waals surface area contributed by atoms with E-state index < -0.39 is 0 Å². The minimum Gasteiger partial charge on any atom is -0.497 e. The summed E-state index contributed by atoms with van der Waals surface area (Å²) >= 11 is 1.67. The van der Waals surface area contributed by atoms with E-state index in [2.05, 4.69) is 37.6 Å². The summed E-state index contributed by atoms with van der Waals surface area (Å²) in [7, 11) is 5.17. The summed E-state index contributed by atoms with van der Waals surface area (Å²) in [5.74, 6) is 2.49. The van der Waals surface area contributed by atoms with Crippen LogP contribution in [0.25, 0.3) is 0 Å². The van der Waals surface area contributed by atoms with Gasteiger partial charge in [0.25, 0.3) is 0 Å². The SMILES string of the molecule is CN=C(NCc1scnc1C)NC1CCN(Cc2cc(OC)cc(OC)c2)C1. The van der Waals surface area contributed by atoms with E-state index in [0.717, 1.165) is 55.8 Å². The summed E-state index contributed by atoms with van der Waals surface area (Å²) < 4.78 is 10.8. The first-order valence-electron chi connectivity index (χ1n) is 9.41. The Morgan fingerprint density at radius 2 is 2.04 bits per heavy atom. The Hall–Kier alpha value is -2.32. The van der Waals surface area contributed by atoms with Crippen LogP contribution < -0.4 is 20.1 Å². The molecule has 0 aliphatic carbocycles. The van der Waals surface area contributed by atoms with Gasteiger partial charge in [-0.25, -0.2) is 4.98 Å². The average molecular weight is 404 g/mol. The number of guanidine groups is 1. The molecule has 7 nitrogen and oxygen atoms in total. The number of aromatic nitrogens is 1. The van der Waals surface area contributed by atoms with E-state index in [9.17, 15) is 0 Å². The summed E-state index contributed by atoms with van der Waals surface area (Å²) in [6.07, 6.45) is 1.08. The molecule has 0 saturated carbocycles. The van der Waals surface area contributed by atoms with E-state index in [4.69, 9.17) is 9.47 Å². The lowest BCUT2D eigenvalue weighted by atomic mass is 10.2. The second-order valence-corrected chi connectivity index (χ2v) is 7.81. The first-order chi connectivity index (χ1) is 13.6. The van der Waals surface area contributed by atoms with Crippen LogP contribution in [0.1, 0.15) is 22.6 Å². The standard InChI is InChI=1S/C20H29N5O2S/c1-14-19(28-13-23-14)10-22-20(21-2)24-16-5-6-25(12-16)11-15-7-17(26-3)9-18(8-15)27-4/h7-9,13,16H,5-6,10-12H2,1-4H3,(H2,21,22,24). The number of methoxy groups -OCH3 is 2. The number of likely N-dealkylation sites (tertiary alicyclic amines) is 1. The quantitative estimate of drug-likeness (QED) is 0.547. The van der Waals surface area contributed by atoms with Gasteiger partial charge in [0.2, 0.25) is 0 Å². The molecule has 2 aromatic rings. The maximum atomic E-state index is 5.38. The number of aliphatic imine (C=N–C) groups is 1. The lowest BCUT2D eigenvalue weighted by Gasteiger charge is -2.19. The average Bonchev–Trinajstić information content (AvgIpc) is 3.33. The zero-order valence-corrected chi connectivity index (χ0v) is 17.8. The second-order valence-electron chi connectivity index (χ2n) is 6.87. The molecule has 1 atom stereocenters. The number of hydrogen-bond donors (Lipinski definition) is 2. The van der Waals surface area contributed by atoms with E-state index in [1.165, 1.54) is 10.4 Å². The van der Waals surface area contributed by atoms with Gasteiger partial charge in [-0.1, -0.05) is 0 Å².